The molecule has 2 heterocycles. The minimum atomic E-state index is 0.472. The first-order chi connectivity index (χ1) is 10.6. The number of hydrogen-bond donors (Lipinski definition) is 0. The fourth-order valence-corrected chi connectivity index (χ4v) is 5.02. The van der Waals surface area contributed by atoms with E-state index in [9.17, 15) is 0 Å². The van der Waals surface area contributed by atoms with E-state index in [4.69, 9.17) is 4.98 Å². The molecule has 0 bridgehead atoms. The monoisotopic (exact) mass is 331 g/mol. The van der Waals surface area contributed by atoms with Gasteiger partial charge in [0.25, 0.3) is 0 Å². The lowest BCUT2D eigenvalue weighted by atomic mass is 9.77. The van der Waals surface area contributed by atoms with Gasteiger partial charge in [-0.2, -0.15) is 0 Å². The predicted molar refractivity (Wildman–Crippen MR) is 105 cm³/mol. The Morgan fingerprint density at radius 3 is 2.17 bits per heavy atom. The van der Waals surface area contributed by atoms with Gasteiger partial charge < -0.3 is 0 Å². The number of aromatic nitrogens is 1. The number of rotatable bonds is 2. The van der Waals surface area contributed by atoms with Crippen LogP contribution < -0.4 is 0 Å². The second-order valence-corrected chi connectivity index (χ2v) is 9.50. The van der Waals surface area contributed by atoms with Gasteiger partial charge in [-0.1, -0.05) is 34.6 Å². The van der Waals surface area contributed by atoms with E-state index in [-0.39, 0.29) is 0 Å². The fraction of sp³-hybridized carbons (Fsp3) is 0.667. The summed E-state index contributed by atoms with van der Waals surface area (Å²) in [4.78, 5) is 6.52. The van der Waals surface area contributed by atoms with E-state index in [1.165, 1.54) is 39.4 Å². The Balaban J connectivity index is 2.90. The van der Waals surface area contributed by atoms with Crippen molar-refractivity contribution in [2.45, 2.75) is 85.8 Å². The van der Waals surface area contributed by atoms with Crippen molar-refractivity contribution in [3.05, 3.63) is 33.0 Å². The third kappa shape index (κ3) is 3.52. The number of nitrogens with zero attached hydrogens (tertiary/aromatic N) is 1. The zero-order chi connectivity index (χ0) is 17.5. The molecule has 2 atom stereocenters. The first kappa shape index (κ1) is 18.6. The van der Waals surface area contributed by atoms with Gasteiger partial charge in [0, 0.05) is 16.6 Å². The van der Waals surface area contributed by atoms with Crippen LogP contribution in [0, 0.1) is 19.8 Å². The van der Waals surface area contributed by atoms with E-state index < -0.39 is 0 Å². The van der Waals surface area contributed by atoms with Crippen molar-refractivity contribution < 1.29 is 0 Å². The van der Waals surface area contributed by atoms with Crippen molar-refractivity contribution in [1.29, 1.82) is 0 Å². The molecule has 128 valence electrons. The van der Waals surface area contributed by atoms with E-state index >= 15 is 0 Å². The second-order valence-electron chi connectivity index (χ2n) is 7.85. The quantitative estimate of drug-likeness (QED) is 0.588. The number of thioether (sulfide) groups is 1. The van der Waals surface area contributed by atoms with Crippen LogP contribution >= 0.6 is 11.8 Å². The molecule has 2 heteroatoms. The third-order valence-corrected chi connectivity index (χ3v) is 6.60. The van der Waals surface area contributed by atoms with Gasteiger partial charge in [-0.15, -0.1) is 11.8 Å². The smallest absolute Gasteiger partial charge is 0.0473 e. The minimum Gasteiger partial charge on any atom is -0.257 e. The first-order valence-corrected chi connectivity index (χ1v) is 9.88. The highest BCUT2D eigenvalue weighted by atomic mass is 32.2. The van der Waals surface area contributed by atoms with Crippen molar-refractivity contribution in [2.24, 2.45) is 5.92 Å². The summed E-state index contributed by atoms with van der Waals surface area (Å²) in [6, 6.07) is 0. The molecular weight excluding hydrogens is 298 g/mol. The highest BCUT2D eigenvalue weighted by Crippen LogP contribution is 2.46. The van der Waals surface area contributed by atoms with E-state index in [0.29, 0.717) is 23.0 Å². The van der Waals surface area contributed by atoms with Crippen LogP contribution in [0.2, 0.25) is 0 Å². The van der Waals surface area contributed by atoms with Gasteiger partial charge >= 0.3 is 0 Å². The highest BCUT2D eigenvalue weighted by molar-refractivity contribution is 8.03. The van der Waals surface area contributed by atoms with Crippen LogP contribution in [0.3, 0.4) is 0 Å². The molecule has 1 nitrogen and oxygen atoms in total. The van der Waals surface area contributed by atoms with Gasteiger partial charge in [0.15, 0.2) is 0 Å². The van der Waals surface area contributed by atoms with Gasteiger partial charge in [0.05, 0.1) is 0 Å². The maximum atomic E-state index is 5.05. The lowest BCUT2D eigenvalue weighted by Gasteiger charge is -2.34. The molecule has 0 spiro atoms. The third-order valence-electron chi connectivity index (χ3n) is 5.34. The van der Waals surface area contributed by atoms with E-state index in [0.717, 1.165) is 0 Å². The Bertz CT molecular complexity index is 625. The van der Waals surface area contributed by atoms with Gasteiger partial charge in [-0.05, 0) is 79.0 Å². The van der Waals surface area contributed by atoms with Crippen molar-refractivity contribution >= 4 is 17.3 Å². The summed E-state index contributed by atoms with van der Waals surface area (Å²) in [5, 5.41) is 0.659. The molecule has 1 aliphatic heterocycles. The van der Waals surface area contributed by atoms with Gasteiger partial charge in [-0.3, -0.25) is 4.98 Å². The topological polar surface area (TPSA) is 12.9 Å². The molecule has 2 rings (SSSR count). The Labute approximate surface area is 147 Å². The van der Waals surface area contributed by atoms with Crippen LogP contribution in [0.15, 0.2) is 4.91 Å². The van der Waals surface area contributed by atoms with Crippen LogP contribution in [0.1, 0.15) is 94.8 Å². The molecule has 0 radical (unpaired) electrons. The van der Waals surface area contributed by atoms with E-state index in [2.05, 4.69) is 74.1 Å². The van der Waals surface area contributed by atoms with Gasteiger partial charge in [0.2, 0.25) is 0 Å². The average molecular weight is 332 g/mol. The van der Waals surface area contributed by atoms with Gasteiger partial charge in [-0.25, -0.2) is 0 Å². The Morgan fingerprint density at radius 2 is 1.65 bits per heavy atom. The average Bonchev–Trinajstić information content (AvgIpc) is 2.44. The molecule has 23 heavy (non-hydrogen) atoms. The van der Waals surface area contributed by atoms with Gasteiger partial charge in [0.1, 0.15) is 0 Å². The molecule has 0 N–H and O–H groups in total. The molecule has 0 saturated carbocycles. The molecule has 1 unspecified atom stereocenters. The normalized spacial score (nSPS) is 25.5. The van der Waals surface area contributed by atoms with Crippen molar-refractivity contribution in [3.63, 3.8) is 0 Å². The van der Waals surface area contributed by atoms with Crippen LogP contribution in [-0.4, -0.2) is 10.2 Å². The zero-order valence-corrected chi connectivity index (χ0v) is 17.2. The minimum absolute atomic E-state index is 0.472. The number of pyridine rings is 1. The van der Waals surface area contributed by atoms with Crippen LogP contribution in [0.5, 0.6) is 0 Å². The molecule has 0 aromatic carbocycles. The Hall–Kier alpha value is -0.760. The fourth-order valence-electron chi connectivity index (χ4n) is 3.83. The SMILES string of the molecule is C/C1=C(\C)c2c(C)c(C)nc(C(C)C)c2C(C(C)C)C[C@@H](C)S1. The number of fused-ring (bicyclic) bond motifs is 1. The molecular formula is C21H33NS. The molecule has 1 aromatic rings. The standard InChI is InChI=1S/C21H33NS/c1-11(2)18-10-13(5)23-17(9)15(7)19-14(6)16(8)22-21(12(3)4)20(18)19/h11-13,18H,10H2,1-9H3/b17-15-/t13-,18?/m1/s1. The highest BCUT2D eigenvalue weighted by Gasteiger charge is 2.30. The van der Waals surface area contributed by atoms with E-state index in [1.807, 2.05) is 0 Å². The Kier molecular flexibility index (Phi) is 5.66. The number of hydrogen-bond acceptors (Lipinski definition) is 2. The Morgan fingerprint density at radius 1 is 1.04 bits per heavy atom. The van der Waals surface area contributed by atoms with Crippen molar-refractivity contribution in [1.82, 2.24) is 4.98 Å². The zero-order valence-electron chi connectivity index (χ0n) is 16.4. The molecule has 1 aromatic heterocycles. The molecule has 0 amide bonds. The maximum absolute atomic E-state index is 5.05. The first-order valence-electron chi connectivity index (χ1n) is 9.00. The van der Waals surface area contributed by atoms with Crippen molar-refractivity contribution in [3.8, 4) is 0 Å². The number of aryl methyl sites for hydroxylation is 1. The molecule has 1 aliphatic rings. The summed E-state index contributed by atoms with van der Waals surface area (Å²) >= 11 is 2.06. The summed E-state index contributed by atoms with van der Waals surface area (Å²) < 4.78 is 0. The molecule has 0 aliphatic carbocycles. The summed E-state index contributed by atoms with van der Waals surface area (Å²) in [5.74, 6) is 1.71. The van der Waals surface area contributed by atoms with Crippen LogP contribution in [-0.2, 0) is 0 Å². The number of allylic oxidation sites excluding steroid dienone is 2. The summed E-state index contributed by atoms with van der Waals surface area (Å²) in [5.41, 5.74) is 8.40. The predicted octanol–water partition coefficient (Wildman–Crippen LogP) is 6.84. The maximum Gasteiger partial charge on any atom is 0.0473 e. The summed E-state index contributed by atoms with van der Waals surface area (Å²) in [6.07, 6.45) is 1.24. The van der Waals surface area contributed by atoms with E-state index in [1.54, 1.807) is 5.56 Å². The van der Waals surface area contributed by atoms with Crippen LogP contribution in [0.25, 0.3) is 5.57 Å². The molecule has 0 fully saturated rings. The second kappa shape index (κ2) is 7.01. The summed E-state index contributed by atoms with van der Waals surface area (Å²) in [7, 11) is 0. The lowest BCUT2D eigenvalue weighted by molar-refractivity contribution is 0.459. The van der Waals surface area contributed by atoms with Crippen molar-refractivity contribution in [2.75, 3.05) is 0 Å². The lowest BCUT2D eigenvalue weighted by Crippen LogP contribution is -2.21. The summed E-state index contributed by atoms with van der Waals surface area (Å²) in [6.45, 7) is 20.7. The molecule has 0 saturated heterocycles. The van der Waals surface area contributed by atoms with Crippen LogP contribution in [0.4, 0.5) is 0 Å². The largest absolute Gasteiger partial charge is 0.257 e.